The van der Waals surface area contributed by atoms with E-state index in [0.717, 1.165) is 47.1 Å². The lowest BCUT2D eigenvalue weighted by molar-refractivity contribution is -0.126. The molecule has 1 heterocycles. The summed E-state index contributed by atoms with van der Waals surface area (Å²) in [4.78, 5) is 17.5. The van der Waals surface area contributed by atoms with Gasteiger partial charge in [0.15, 0.2) is 0 Å². The summed E-state index contributed by atoms with van der Waals surface area (Å²) in [5.41, 5.74) is 3.38. The summed E-state index contributed by atoms with van der Waals surface area (Å²) in [7, 11) is 0. The van der Waals surface area contributed by atoms with Crippen LogP contribution in [-0.4, -0.2) is 16.9 Å². The number of halogens is 1. The third-order valence-electron chi connectivity index (χ3n) is 6.10. The average Bonchev–Trinajstić information content (AvgIpc) is 2.74. The number of aryl methyl sites for hydroxylation is 1. The zero-order valence-electron chi connectivity index (χ0n) is 17.5. The van der Waals surface area contributed by atoms with Crippen molar-refractivity contribution in [1.29, 1.82) is 0 Å². The van der Waals surface area contributed by atoms with Crippen LogP contribution in [0.4, 0.5) is 5.82 Å². The molecule has 4 rings (SSSR count). The SMILES string of the molecule is Cc1cc(NC2CCC(C(=O)N[C@H](C)c3ccc(Br)cc3)CC2)nc2ccccc12. The van der Waals surface area contributed by atoms with E-state index in [-0.39, 0.29) is 17.9 Å². The minimum Gasteiger partial charge on any atom is -0.367 e. The molecular formula is C25H28BrN3O. The van der Waals surface area contributed by atoms with Gasteiger partial charge in [-0.05, 0) is 74.9 Å². The van der Waals surface area contributed by atoms with Crippen LogP contribution in [0.5, 0.6) is 0 Å². The molecule has 2 N–H and O–H groups in total. The highest BCUT2D eigenvalue weighted by molar-refractivity contribution is 9.10. The van der Waals surface area contributed by atoms with Crippen molar-refractivity contribution < 1.29 is 4.79 Å². The number of carbonyl (C=O) groups excluding carboxylic acids is 1. The molecule has 4 nitrogen and oxygen atoms in total. The number of hydrogen-bond donors (Lipinski definition) is 2. The Bertz CT molecular complexity index is 1030. The maximum atomic E-state index is 12.8. The Morgan fingerprint density at radius 3 is 2.50 bits per heavy atom. The fourth-order valence-corrected chi connectivity index (χ4v) is 4.56. The van der Waals surface area contributed by atoms with Crippen molar-refractivity contribution in [2.45, 2.75) is 51.6 Å². The van der Waals surface area contributed by atoms with Crippen LogP contribution in [0.15, 0.2) is 59.1 Å². The highest BCUT2D eigenvalue weighted by atomic mass is 79.9. The van der Waals surface area contributed by atoms with Crippen molar-refractivity contribution in [1.82, 2.24) is 10.3 Å². The minimum atomic E-state index is 0.0197. The fraction of sp³-hybridized carbons (Fsp3) is 0.360. The Kier molecular flexibility index (Phi) is 6.38. The Morgan fingerprint density at radius 2 is 1.77 bits per heavy atom. The van der Waals surface area contributed by atoms with Gasteiger partial charge in [0.1, 0.15) is 5.82 Å². The predicted octanol–water partition coefficient (Wildman–Crippen LogP) is 6.15. The number of carbonyl (C=O) groups is 1. The van der Waals surface area contributed by atoms with Crippen LogP contribution in [0.2, 0.25) is 0 Å². The van der Waals surface area contributed by atoms with Crippen molar-refractivity contribution in [2.75, 3.05) is 5.32 Å². The summed E-state index contributed by atoms with van der Waals surface area (Å²) in [6.07, 6.45) is 3.78. The first-order valence-electron chi connectivity index (χ1n) is 10.7. The van der Waals surface area contributed by atoms with E-state index in [1.54, 1.807) is 0 Å². The van der Waals surface area contributed by atoms with Gasteiger partial charge in [-0.3, -0.25) is 4.79 Å². The van der Waals surface area contributed by atoms with Gasteiger partial charge >= 0.3 is 0 Å². The second kappa shape index (κ2) is 9.17. The van der Waals surface area contributed by atoms with E-state index >= 15 is 0 Å². The zero-order valence-corrected chi connectivity index (χ0v) is 19.1. The number of nitrogens with one attached hydrogen (secondary N) is 2. The van der Waals surface area contributed by atoms with Crippen molar-refractivity contribution in [3.05, 3.63) is 70.2 Å². The van der Waals surface area contributed by atoms with Gasteiger partial charge in [-0.25, -0.2) is 4.98 Å². The third-order valence-corrected chi connectivity index (χ3v) is 6.63. The molecule has 0 saturated heterocycles. The van der Waals surface area contributed by atoms with Gasteiger partial charge in [0, 0.05) is 21.8 Å². The lowest BCUT2D eigenvalue weighted by atomic mass is 9.85. The molecule has 156 valence electrons. The van der Waals surface area contributed by atoms with Crippen molar-refractivity contribution in [3.63, 3.8) is 0 Å². The van der Waals surface area contributed by atoms with E-state index < -0.39 is 0 Å². The summed E-state index contributed by atoms with van der Waals surface area (Å²) in [6.45, 7) is 4.17. The molecular weight excluding hydrogens is 438 g/mol. The molecule has 0 radical (unpaired) electrons. The molecule has 0 unspecified atom stereocenters. The van der Waals surface area contributed by atoms with Crippen LogP contribution < -0.4 is 10.6 Å². The van der Waals surface area contributed by atoms with Gasteiger partial charge in [-0.2, -0.15) is 0 Å². The van der Waals surface area contributed by atoms with Gasteiger partial charge in [-0.1, -0.05) is 46.3 Å². The van der Waals surface area contributed by atoms with Crippen LogP contribution >= 0.6 is 15.9 Å². The van der Waals surface area contributed by atoms with Crippen LogP contribution in [-0.2, 0) is 4.79 Å². The van der Waals surface area contributed by atoms with Crippen molar-refractivity contribution in [3.8, 4) is 0 Å². The molecule has 5 heteroatoms. The largest absolute Gasteiger partial charge is 0.367 e. The smallest absolute Gasteiger partial charge is 0.223 e. The van der Waals surface area contributed by atoms with Crippen LogP contribution in [0, 0.1) is 12.8 Å². The molecule has 0 spiro atoms. The first-order chi connectivity index (χ1) is 14.5. The minimum absolute atomic E-state index is 0.0197. The summed E-state index contributed by atoms with van der Waals surface area (Å²) in [6, 6.07) is 18.9. The number of pyridine rings is 1. The van der Waals surface area contributed by atoms with Gasteiger partial charge in [0.2, 0.25) is 5.91 Å². The fourth-order valence-electron chi connectivity index (χ4n) is 4.30. The number of benzene rings is 2. The Morgan fingerprint density at radius 1 is 1.07 bits per heavy atom. The number of anilines is 1. The zero-order chi connectivity index (χ0) is 21.1. The summed E-state index contributed by atoms with van der Waals surface area (Å²) in [5.74, 6) is 1.19. The van der Waals surface area contributed by atoms with Gasteiger partial charge < -0.3 is 10.6 Å². The first-order valence-corrected chi connectivity index (χ1v) is 11.5. The summed E-state index contributed by atoms with van der Waals surface area (Å²) in [5, 5.41) is 7.99. The Labute approximate surface area is 186 Å². The van der Waals surface area contributed by atoms with Crippen molar-refractivity contribution in [2.24, 2.45) is 5.92 Å². The molecule has 1 aromatic heterocycles. The van der Waals surface area contributed by atoms with E-state index in [9.17, 15) is 4.79 Å². The summed E-state index contributed by atoms with van der Waals surface area (Å²) >= 11 is 3.46. The molecule has 0 bridgehead atoms. The molecule has 1 aliphatic rings. The molecule has 1 aliphatic carbocycles. The summed E-state index contributed by atoms with van der Waals surface area (Å²) < 4.78 is 1.05. The molecule has 2 aromatic carbocycles. The molecule has 1 amide bonds. The quantitative estimate of drug-likeness (QED) is 0.474. The maximum absolute atomic E-state index is 12.8. The predicted molar refractivity (Wildman–Crippen MR) is 127 cm³/mol. The monoisotopic (exact) mass is 465 g/mol. The van der Waals surface area contributed by atoms with E-state index in [4.69, 9.17) is 4.98 Å². The average molecular weight is 466 g/mol. The van der Waals surface area contributed by atoms with Gasteiger partial charge in [0.05, 0.1) is 11.6 Å². The molecule has 0 aliphatic heterocycles. The number of fused-ring (bicyclic) bond motifs is 1. The second-order valence-corrected chi connectivity index (χ2v) is 9.23. The maximum Gasteiger partial charge on any atom is 0.223 e. The van der Waals surface area contributed by atoms with Crippen LogP contribution in [0.25, 0.3) is 10.9 Å². The normalized spacial score (nSPS) is 20.0. The Balaban J connectivity index is 1.31. The van der Waals surface area contributed by atoms with Crippen LogP contribution in [0.1, 0.15) is 49.8 Å². The van der Waals surface area contributed by atoms with Crippen molar-refractivity contribution >= 4 is 38.6 Å². The topological polar surface area (TPSA) is 54.0 Å². The first kappa shape index (κ1) is 20.9. The molecule has 3 aromatic rings. The molecule has 1 atom stereocenters. The molecule has 1 fully saturated rings. The van der Waals surface area contributed by atoms with E-state index in [1.165, 1.54) is 10.9 Å². The lowest BCUT2D eigenvalue weighted by Crippen LogP contribution is -2.37. The molecule has 30 heavy (non-hydrogen) atoms. The number of rotatable bonds is 5. The number of para-hydroxylation sites is 1. The lowest BCUT2D eigenvalue weighted by Gasteiger charge is -2.29. The Hall–Kier alpha value is -2.40. The number of amides is 1. The number of aromatic nitrogens is 1. The van der Waals surface area contributed by atoms with E-state index in [0.29, 0.717) is 6.04 Å². The van der Waals surface area contributed by atoms with Crippen LogP contribution in [0.3, 0.4) is 0 Å². The highest BCUT2D eigenvalue weighted by Gasteiger charge is 2.27. The van der Waals surface area contributed by atoms with Gasteiger partial charge in [-0.15, -0.1) is 0 Å². The number of nitrogens with zero attached hydrogens (tertiary/aromatic N) is 1. The van der Waals surface area contributed by atoms with E-state index in [2.05, 4.69) is 63.8 Å². The highest BCUT2D eigenvalue weighted by Crippen LogP contribution is 2.28. The standard InChI is InChI=1S/C25H28BrN3O/c1-16-15-24(29-23-6-4-3-5-22(16)23)28-21-13-9-19(10-14-21)25(30)27-17(2)18-7-11-20(26)12-8-18/h3-8,11-12,15,17,19,21H,9-10,13-14H2,1-2H3,(H,27,30)(H,28,29)/t17-,19?,21?/m1/s1. The number of hydrogen-bond acceptors (Lipinski definition) is 3. The molecule has 1 saturated carbocycles. The second-order valence-electron chi connectivity index (χ2n) is 8.32. The van der Waals surface area contributed by atoms with Gasteiger partial charge in [0.25, 0.3) is 0 Å². The van der Waals surface area contributed by atoms with E-state index in [1.807, 2.05) is 31.2 Å². The third kappa shape index (κ3) is 4.84.